The summed E-state index contributed by atoms with van der Waals surface area (Å²) in [6, 6.07) is 3.74. The van der Waals surface area contributed by atoms with Crippen LogP contribution in [0.5, 0.6) is 0 Å². The molecule has 92 valence electrons. The van der Waals surface area contributed by atoms with Gasteiger partial charge in [-0.15, -0.1) is 0 Å². The van der Waals surface area contributed by atoms with Crippen molar-refractivity contribution in [2.24, 2.45) is 11.1 Å². The van der Waals surface area contributed by atoms with Crippen LogP contribution in [0.2, 0.25) is 0 Å². The van der Waals surface area contributed by atoms with Gasteiger partial charge >= 0.3 is 0 Å². The van der Waals surface area contributed by atoms with E-state index in [9.17, 15) is 4.79 Å². The summed E-state index contributed by atoms with van der Waals surface area (Å²) < 4.78 is 0. The third kappa shape index (κ3) is 2.17. The maximum absolute atomic E-state index is 12.3. The van der Waals surface area contributed by atoms with Gasteiger partial charge in [-0.25, -0.2) is 4.98 Å². The number of carbonyl (C=O) groups excluding carboxylic acids is 1. The van der Waals surface area contributed by atoms with Crippen LogP contribution >= 0.6 is 0 Å². The fourth-order valence-corrected chi connectivity index (χ4v) is 2.34. The molecule has 17 heavy (non-hydrogen) atoms. The highest BCUT2D eigenvalue weighted by Crippen LogP contribution is 2.37. The molecule has 0 radical (unpaired) electrons. The Hall–Kier alpha value is -1.42. The van der Waals surface area contributed by atoms with Gasteiger partial charge in [-0.3, -0.25) is 4.79 Å². The SMILES string of the molecule is Cc1cccnc1NC(=O)C1(C)CCCC1N. The number of carbonyl (C=O) groups is 1. The Morgan fingerprint density at radius 2 is 2.41 bits per heavy atom. The minimum atomic E-state index is -0.454. The summed E-state index contributed by atoms with van der Waals surface area (Å²) in [5.41, 5.74) is 6.54. The molecule has 3 N–H and O–H groups in total. The van der Waals surface area contributed by atoms with Crippen LogP contribution in [0.15, 0.2) is 18.3 Å². The van der Waals surface area contributed by atoms with Crippen LogP contribution in [0.3, 0.4) is 0 Å². The van der Waals surface area contributed by atoms with Crippen molar-refractivity contribution in [1.29, 1.82) is 0 Å². The standard InChI is InChI=1S/C13H19N3O/c1-9-5-4-8-15-11(9)16-12(17)13(2)7-3-6-10(13)14/h4-5,8,10H,3,6-7,14H2,1-2H3,(H,15,16,17). The molecule has 1 saturated carbocycles. The van der Waals surface area contributed by atoms with Crippen molar-refractivity contribution in [2.45, 2.75) is 39.2 Å². The van der Waals surface area contributed by atoms with Crippen LogP contribution < -0.4 is 11.1 Å². The van der Waals surface area contributed by atoms with Gasteiger partial charge in [0.25, 0.3) is 0 Å². The van der Waals surface area contributed by atoms with Gasteiger partial charge in [0.15, 0.2) is 0 Å². The first kappa shape index (κ1) is 12.0. The van der Waals surface area contributed by atoms with Gasteiger partial charge < -0.3 is 11.1 Å². The maximum atomic E-state index is 12.3. The Morgan fingerprint density at radius 1 is 1.65 bits per heavy atom. The van der Waals surface area contributed by atoms with Gasteiger partial charge in [-0.1, -0.05) is 12.5 Å². The average molecular weight is 233 g/mol. The zero-order valence-corrected chi connectivity index (χ0v) is 10.4. The molecule has 2 unspecified atom stereocenters. The van der Waals surface area contributed by atoms with Gasteiger partial charge in [0, 0.05) is 12.2 Å². The second-order valence-corrected chi connectivity index (χ2v) is 5.04. The number of hydrogen-bond donors (Lipinski definition) is 2. The van der Waals surface area contributed by atoms with Crippen LogP contribution in [0.25, 0.3) is 0 Å². The predicted molar refractivity (Wildman–Crippen MR) is 67.5 cm³/mol. The lowest BCUT2D eigenvalue weighted by atomic mass is 9.84. The second kappa shape index (κ2) is 4.45. The van der Waals surface area contributed by atoms with Crippen molar-refractivity contribution in [3.63, 3.8) is 0 Å². The van der Waals surface area contributed by atoms with Crippen molar-refractivity contribution >= 4 is 11.7 Å². The van der Waals surface area contributed by atoms with E-state index in [1.807, 2.05) is 26.0 Å². The number of rotatable bonds is 2. The van der Waals surface area contributed by atoms with Crippen molar-refractivity contribution < 1.29 is 4.79 Å². The van der Waals surface area contributed by atoms with Gasteiger partial charge in [0.05, 0.1) is 5.41 Å². The Labute approximate surface area is 102 Å². The van der Waals surface area contributed by atoms with E-state index in [1.54, 1.807) is 6.20 Å². The highest BCUT2D eigenvalue weighted by Gasteiger charge is 2.43. The molecule has 1 amide bonds. The smallest absolute Gasteiger partial charge is 0.233 e. The van der Waals surface area contributed by atoms with Crippen molar-refractivity contribution in [3.8, 4) is 0 Å². The molecule has 1 aliphatic carbocycles. The zero-order valence-electron chi connectivity index (χ0n) is 10.4. The molecule has 0 aromatic carbocycles. The van der Waals surface area contributed by atoms with E-state index >= 15 is 0 Å². The fourth-order valence-electron chi connectivity index (χ4n) is 2.34. The van der Waals surface area contributed by atoms with E-state index in [0.29, 0.717) is 5.82 Å². The van der Waals surface area contributed by atoms with E-state index < -0.39 is 5.41 Å². The molecule has 1 fully saturated rings. The molecule has 2 rings (SSSR count). The molecular weight excluding hydrogens is 214 g/mol. The van der Waals surface area contributed by atoms with Gasteiger partial charge in [-0.05, 0) is 38.3 Å². The van der Waals surface area contributed by atoms with E-state index in [1.165, 1.54) is 0 Å². The van der Waals surface area contributed by atoms with Crippen LogP contribution in [0.1, 0.15) is 31.7 Å². The minimum absolute atomic E-state index is 0.00991. The van der Waals surface area contributed by atoms with Gasteiger partial charge in [-0.2, -0.15) is 0 Å². The van der Waals surface area contributed by atoms with Gasteiger partial charge in [0.1, 0.15) is 5.82 Å². The number of anilines is 1. The molecule has 0 saturated heterocycles. The fraction of sp³-hybridized carbons (Fsp3) is 0.538. The Bertz CT molecular complexity index is 432. The quantitative estimate of drug-likeness (QED) is 0.819. The maximum Gasteiger partial charge on any atom is 0.233 e. The van der Waals surface area contributed by atoms with Crippen molar-refractivity contribution in [1.82, 2.24) is 4.98 Å². The number of aromatic nitrogens is 1. The van der Waals surface area contributed by atoms with Crippen LogP contribution in [0.4, 0.5) is 5.82 Å². The van der Waals surface area contributed by atoms with Gasteiger partial charge in [0.2, 0.25) is 5.91 Å². The largest absolute Gasteiger partial charge is 0.327 e. The first-order chi connectivity index (χ1) is 8.04. The second-order valence-electron chi connectivity index (χ2n) is 5.04. The number of nitrogens with one attached hydrogen (secondary N) is 1. The summed E-state index contributed by atoms with van der Waals surface area (Å²) in [5, 5.41) is 2.89. The Kier molecular flexibility index (Phi) is 3.15. The van der Waals surface area contributed by atoms with Crippen LogP contribution in [-0.4, -0.2) is 16.9 Å². The topological polar surface area (TPSA) is 68.0 Å². The number of nitrogens with zero attached hydrogens (tertiary/aromatic N) is 1. The molecule has 4 heteroatoms. The monoisotopic (exact) mass is 233 g/mol. The lowest BCUT2D eigenvalue weighted by Crippen LogP contribution is -2.44. The molecule has 1 aliphatic rings. The number of amides is 1. The first-order valence-corrected chi connectivity index (χ1v) is 6.03. The van der Waals surface area contributed by atoms with E-state index in [-0.39, 0.29) is 11.9 Å². The summed E-state index contributed by atoms with van der Waals surface area (Å²) in [5.74, 6) is 0.627. The van der Waals surface area contributed by atoms with Crippen LogP contribution in [-0.2, 0) is 4.79 Å². The number of aryl methyl sites for hydroxylation is 1. The molecular formula is C13H19N3O. The zero-order chi connectivity index (χ0) is 12.5. The number of pyridine rings is 1. The lowest BCUT2D eigenvalue weighted by Gasteiger charge is -2.27. The normalized spacial score (nSPS) is 28.1. The Morgan fingerprint density at radius 3 is 3.00 bits per heavy atom. The van der Waals surface area contributed by atoms with E-state index in [0.717, 1.165) is 24.8 Å². The average Bonchev–Trinajstić information content (AvgIpc) is 2.64. The molecule has 1 aromatic rings. The summed E-state index contributed by atoms with van der Waals surface area (Å²) in [4.78, 5) is 16.4. The highest BCUT2D eigenvalue weighted by atomic mass is 16.2. The lowest BCUT2D eigenvalue weighted by molar-refractivity contribution is -0.125. The highest BCUT2D eigenvalue weighted by molar-refractivity contribution is 5.95. The minimum Gasteiger partial charge on any atom is -0.327 e. The molecule has 4 nitrogen and oxygen atoms in total. The predicted octanol–water partition coefficient (Wildman–Crippen LogP) is 1.85. The summed E-state index contributed by atoms with van der Waals surface area (Å²) >= 11 is 0. The number of hydrogen-bond acceptors (Lipinski definition) is 3. The van der Waals surface area contributed by atoms with E-state index in [4.69, 9.17) is 5.73 Å². The molecule has 1 aromatic heterocycles. The third-order valence-electron chi connectivity index (χ3n) is 3.79. The van der Waals surface area contributed by atoms with E-state index in [2.05, 4.69) is 10.3 Å². The summed E-state index contributed by atoms with van der Waals surface area (Å²) in [7, 11) is 0. The molecule has 2 atom stereocenters. The number of nitrogens with two attached hydrogens (primary N) is 1. The summed E-state index contributed by atoms with van der Waals surface area (Å²) in [6.45, 7) is 3.87. The Balaban J connectivity index is 2.15. The third-order valence-corrected chi connectivity index (χ3v) is 3.79. The molecule has 0 bridgehead atoms. The molecule has 0 spiro atoms. The van der Waals surface area contributed by atoms with Crippen molar-refractivity contribution in [3.05, 3.63) is 23.9 Å². The molecule has 1 heterocycles. The molecule has 0 aliphatic heterocycles. The summed E-state index contributed by atoms with van der Waals surface area (Å²) in [6.07, 6.45) is 4.48. The van der Waals surface area contributed by atoms with Crippen molar-refractivity contribution in [2.75, 3.05) is 5.32 Å². The van der Waals surface area contributed by atoms with Crippen LogP contribution in [0, 0.1) is 12.3 Å². The first-order valence-electron chi connectivity index (χ1n) is 6.03.